The van der Waals surface area contributed by atoms with Crippen molar-refractivity contribution in [1.29, 1.82) is 0 Å². The van der Waals surface area contributed by atoms with Gasteiger partial charge in [-0.05, 0) is 56.4 Å². The summed E-state index contributed by atoms with van der Waals surface area (Å²) in [5.74, 6) is -2.50. The number of hydrogen-bond acceptors (Lipinski definition) is 5. The maximum absolute atomic E-state index is 14.6. The Hall–Kier alpha value is -2.68. The number of ether oxygens (including phenoxy) is 1. The number of fused-ring (bicyclic) bond motifs is 1. The van der Waals surface area contributed by atoms with Gasteiger partial charge in [0.15, 0.2) is 0 Å². The van der Waals surface area contributed by atoms with Gasteiger partial charge in [0, 0.05) is 30.3 Å². The molecule has 0 aliphatic carbocycles. The van der Waals surface area contributed by atoms with Crippen molar-refractivity contribution in [3.63, 3.8) is 0 Å². The third-order valence-electron chi connectivity index (χ3n) is 8.90. The Kier molecular flexibility index (Phi) is 8.83. The Morgan fingerprint density at radius 3 is 2.38 bits per heavy atom. The summed E-state index contributed by atoms with van der Waals surface area (Å²) in [5.41, 5.74) is -1.47. The molecule has 1 aromatic rings. The molecule has 1 N–H and O–H groups in total. The average molecular weight is 572 g/mol. The molecule has 3 heterocycles. The fraction of sp³-hybridized carbons (Fsp3) is 0.581. The molecule has 218 valence electrons. The zero-order chi connectivity index (χ0) is 29.4. The zero-order valence-corrected chi connectivity index (χ0v) is 24.8. The van der Waals surface area contributed by atoms with Crippen LogP contribution in [-0.4, -0.2) is 82.2 Å². The molecule has 2 bridgehead atoms. The van der Waals surface area contributed by atoms with Gasteiger partial charge >= 0.3 is 0 Å². The average Bonchev–Trinajstić information content (AvgIpc) is 3.48. The standard InChI is InChI=1S/C31H42ClN3O5/c1-7-16-33(17-8-2)27(37)24-25-28(38)35(23(19-36)20(4)5)26(31(25)15-14-30(24,6)40-31)29(39)34(18-9-3)22-12-10-21(32)11-13-22/h7,9-13,20,23-26,36H,1,3,8,14-19H2,2,4-6H3/t23-,24-,25-,26?,30+,31?/m0/s1. The van der Waals surface area contributed by atoms with Gasteiger partial charge in [-0.2, -0.15) is 0 Å². The fourth-order valence-corrected chi connectivity index (χ4v) is 7.26. The third kappa shape index (κ3) is 4.78. The predicted molar refractivity (Wildman–Crippen MR) is 156 cm³/mol. The summed E-state index contributed by atoms with van der Waals surface area (Å²) in [6.07, 6.45) is 5.09. The van der Waals surface area contributed by atoms with Crippen molar-refractivity contribution in [2.45, 2.75) is 70.2 Å². The smallest absolute Gasteiger partial charge is 0.253 e. The van der Waals surface area contributed by atoms with Gasteiger partial charge in [-0.1, -0.05) is 44.5 Å². The number of aliphatic hydroxyl groups is 1. The first-order valence-corrected chi connectivity index (χ1v) is 14.6. The highest BCUT2D eigenvalue weighted by Gasteiger charge is 2.79. The van der Waals surface area contributed by atoms with Crippen LogP contribution in [-0.2, 0) is 19.1 Å². The molecular weight excluding hydrogens is 530 g/mol. The van der Waals surface area contributed by atoms with Crippen LogP contribution >= 0.6 is 11.6 Å². The van der Waals surface area contributed by atoms with E-state index in [-0.39, 0.29) is 36.8 Å². The van der Waals surface area contributed by atoms with Crippen molar-refractivity contribution in [1.82, 2.24) is 9.80 Å². The van der Waals surface area contributed by atoms with Crippen LogP contribution < -0.4 is 4.90 Å². The second-order valence-electron chi connectivity index (χ2n) is 11.8. The summed E-state index contributed by atoms with van der Waals surface area (Å²) in [6.45, 7) is 16.2. The largest absolute Gasteiger partial charge is 0.394 e. The molecular formula is C31H42ClN3O5. The normalized spacial score (nSPS) is 29.4. The van der Waals surface area contributed by atoms with Crippen LogP contribution in [0.2, 0.25) is 5.02 Å². The number of halogens is 1. The molecule has 3 aliphatic heterocycles. The topological polar surface area (TPSA) is 90.4 Å². The Morgan fingerprint density at radius 1 is 1.18 bits per heavy atom. The lowest BCUT2D eigenvalue weighted by atomic mass is 9.66. The van der Waals surface area contributed by atoms with Crippen LogP contribution in [0.25, 0.3) is 0 Å². The highest BCUT2D eigenvalue weighted by atomic mass is 35.5. The number of nitrogens with zero attached hydrogens (tertiary/aromatic N) is 3. The Morgan fingerprint density at radius 2 is 1.82 bits per heavy atom. The summed E-state index contributed by atoms with van der Waals surface area (Å²) >= 11 is 6.13. The molecule has 3 fully saturated rings. The quantitative estimate of drug-likeness (QED) is 0.382. The molecule has 0 aromatic heterocycles. The molecule has 1 spiro atoms. The van der Waals surface area contributed by atoms with Crippen LogP contribution in [0.1, 0.15) is 47.0 Å². The van der Waals surface area contributed by atoms with Gasteiger partial charge in [0.1, 0.15) is 11.6 Å². The summed E-state index contributed by atoms with van der Waals surface area (Å²) < 4.78 is 6.79. The second-order valence-corrected chi connectivity index (χ2v) is 12.2. The number of anilines is 1. The van der Waals surface area contributed by atoms with Gasteiger partial charge in [-0.15, -0.1) is 13.2 Å². The van der Waals surface area contributed by atoms with Gasteiger partial charge in [-0.25, -0.2) is 0 Å². The predicted octanol–water partition coefficient (Wildman–Crippen LogP) is 4.07. The zero-order valence-electron chi connectivity index (χ0n) is 24.0. The maximum Gasteiger partial charge on any atom is 0.253 e. The number of rotatable bonds is 12. The van der Waals surface area contributed by atoms with Crippen molar-refractivity contribution in [3.05, 3.63) is 54.6 Å². The van der Waals surface area contributed by atoms with Crippen molar-refractivity contribution < 1.29 is 24.2 Å². The molecule has 4 rings (SSSR count). The van der Waals surface area contributed by atoms with Crippen molar-refractivity contribution >= 4 is 35.0 Å². The number of benzene rings is 1. The van der Waals surface area contributed by atoms with Crippen molar-refractivity contribution in [2.24, 2.45) is 17.8 Å². The summed E-state index contributed by atoms with van der Waals surface area (Å²) in [6, 6.07) is 5.29. The molecule has 2 unspecified atom stereocenters. The number of likely N-dealkylation sites (tertiary alicyclic amines) is 1. The van der Waals surface area contributed by atoms with Gasteiger partial charge in [-0.3, -0.25) is 14.4 Å². The van der Waals surface area contributed by atoms with Crippen LogP contribution in [0, 0.1) is 17.8 Å². The first kappa shape index (κ1) is 30.3. The third-order valence-corrected chi connectivity index (χ3v) is 9.15. The van der Waals surface area contributed by atoms with E-state index >= 15 is 0 Å². The molecule has 0 radical (unpaired) electrons. The van der Waals surface area contributed by atoms with E-state index in [4.69, 9.17) is 16.3 Å². The van der Waals surface area contributed by atoms with E-state index in [0.29, 0.717) is 36.6 Å². The molecule has 3 amide bonds. The molecule has 6 atom stereocenters. The summed E-state index contributed by atoms with van der Waals surface area (Å²) in [5, 5.41) is 11.0. The molecule has 0 saturated carbocycles. The minimum Gasteiger partial charge on any atom is -0.394 e. The number of carbonyl (C=O) groups is 3. The lowest BCUT2D eigenvalue weighted by Gasteiger charge is -2.40. The first-order valence-electron chi connectivity index (χ1n) is 14.2. The van der Waals surface area contributed by atoms with Crippen LogP contribution in [0.15, 0.2) is 49.6 Å². The minimum atomic E-state index is -1.19. The van der Waals surface area contributed by atoms with Gasteiger partial charge in [0.25, 0.3) is 5.91 Å². The Labute approximate surface area is 242 Å². The molecule has 8 nitrogen and oxygen atoms in total. The van der Waals surface area contributed by atoms with Gasteiger partial charge in [0.05, 0.1) is 30.1 Å². The van der Waals surface area contributed by atoms with E-state index in [9.17, 15) is 19.5 Å². The van der Waals surface area contributed by atoms with Gasteiger partial charge in [0.2, 0.25) is 11.8 Å². The van der Waals surface area contributed by atoms with E-state index in [1.807, 2.05) is 27.7 Å². The number of carbonyl (C=O) groups excluding carboxylic acids is 3. The molecule has 3 saturated heterocycles. The molecule has 9 heteroatoms. The number of aliphatic hydroxyl groups excluding tert-OH is 1. The Balaban J connectivity index is 1.86. The maximum atomic E-state index is 14.6. The summed E-state index contributed by atoms with van der Waals surface area (Å²) in [7, 11) is 0. The van der Waals surface area contributed by atoms with E-state index in [0.717, 1.165) is 6.42 Å². The van der Waals surface area contributed by atoms with E-state index in [1.54, 1.807) is 46.2 Å². The highest BCUT2D eigenvalue weighted by Crippen LogP contribution is 2.64. The summed E-state index contributed by atoms with van der Waals surface area (Å²) in [4.78, 5) is 48.1. The Bertz CT molecular complexity index is 1160. The lowest BCUT2D eigenvalue weighted by molar-refractivity contribution is -0.152. The monoisotopic (exact) mass is 571 g/mol. The van der Waals surface area contributed by atoms with Crippen LogP contribution in [0.5, 0.6) is 0 Å². The van der Waals surface area contributed by atoms with E-state index in [2.05, 4.69) is 13.2 Å². The van der Waals surface area contributed by atoms with Gasteiger partial charge < -0.3 is 24.5 Å². The van der Waals surface area contributed by atoms with E-state index in [1.165, 1.54) is 4.90 Å². The van der Waals surface area contributed by atoms with Crippen molar-refractivity contribution in [3.8, 4) is 0 Å². The van der Waals surface area contributed by atoms with Crippen LogP contribution in [0.3, 0.4) is 0 Å². The van der Waals surface area contributed by atoms with Crippen molar-refractivity contribution in [2.75, 3.05) is 31.1 Å². The molecule has 40 heavy (non-hydrogen) atoms. The first-order chi connectivity index (χ1) is 19.0. The lowest BCUT2D eigenvalue weighted by Crippen LogP contribution is -2.60. The molecule has 1 aromatic carbocycles. The van der Waals surface area contributed by atoms with E-state index < -0.39 is 35.1 Å². The SMILES string of the molecule is C=CCN(CCC)C(=O)[C@@H]1[C@H]2C(=O)N([C@@H](CO)C(C)C)C(C(=O)N(CC=C)c3ccc(Cl)cc3)C23CC[C@@]1(C)O3. The number of hydrogen-bond donors (Lipinski definition) is 1. The minimum absolute atomic E-state index is 0.137. The number of amides is 3. The molecule has 3 aliphatic rings. The van der Waals surface area contributed by atoms with Crippen LogP contribution in [0.4, 0.5) is 5.69 Å². The fourth-order valence-electron chi connectivity index (χ4n) is 7.13. The highest BCUT2D eigenvalue weighted by molar-refractivity contribution is 6.30. The second kappa shape index (κ2) is 11.7.